The van der Waals surface area contributed by atoms with Gasteiger partial charge in [0.15, 0.2) is 11.5 Å². The highest BCUT2D eigenvalue weighted by molar-refractivity contribution is 9.10. The first kappa shape index (κ1) is 12.0. The molecule has 19 heavy (non-hydrogen) atoms. The van der Waals surface area contributed by atoms with Crippen LogP contribution >= 0.6 is 15.9 Å². The lowest BCUT2D eigenvalue weighted by molar-refractivity contribution is 1.14. The van der Waals surface area contributed by atoms with Gasteiger partial charge in [-0.15, -0.1) is 0 Å². The first-order valence-electron chi connectivity index (χ1n) is 5.76. The Bertz CT molecular complexity index is 750. The second-order valence-electron chi connectivity index (χ2n) is 4.26. The van der Waals surface area contributed by atoms with Gasteiger partial charge in [0.25, 0.3) is 0 Å². The van der Waals surface area contributed by atoms with E-state index >= 15 is 0 Å². The molecule has 96 valence electrons. The molecule has 3 N–H and O–H groups in total. The predicted molar refractivity (Wildman–Crippen MR) is 79.6 cm³/mol. The second kappa shape index (κ2) is 4.55. The smallest absolute Gasteiger partial charge is 0.180 e. The molecule has 2 aromatic heterocycles. The fourth-order valence-electron chi connectivity index (χ4n) is 1.84. The molecule has 0 bridgehead atoms. The fourth-order valence-corrected chi connectivity index (χ4v) is 2.22. The van der Waals surface area contributed by atoms with E-state index in [1.165, 1.54) is 5.56 Å². The summed E-state index contributed by atoms with van der Waals surface area (Å²) in [7, 11) is 0. The van der Waals surface area contributed by atoms with Crippen LogP contribution in [0, 0.1) is 6.92 Å². The first-order chi connectivity index (χ1) is 9.13. The average molecular weight is 318 g/mol. The van der Waals surface area contributed by atoms with Crippen LogP contribution in [0.5, 0.6) is 0 Å². The van der Waals surface area contributed by atoms with Crippen LogP contribution in [0.2, 0.25) is 0 Å². The van der Waals surface area contributed by atoms with Gasteiger partial charge in [-0.3, -0.25) is 0 Å². The standard InChI is InChI=1S/C13H12BrN5/c1-8-2-3-9(6-10(8)14)17-12-13-16-4-5-19(13)7-11(15)18-12/h2-7H,15H2,1H3,(H,17,18). The third-order valence-electron chi connectivity index (χ3n) is 2.83. The minimum Gasteiger partial charge on any atom is -0.382 e. The molecule has 3 rings (SSSR count). The Balaban J connectivity index is 2.04. The van der Waals surface area contributed by atoms with Gasteiger partial charge in [-0.2, -0.15) is 0 Å². The van der Waals surface area contributed by atoms with Gasteiger partial charge >= 0.3 is 0 Å². The van der Waals surface area contributed by atoms with Crippen LogP contribution < -0.4 is 11.1 Å². The van der Waals surface area contributed by atoms with Gasteiger partial charge in [0.2, 0.25) is 0 Å². The van der Waals surface area contributed by atoms with Crippen molar-refractivity contribution in [3.05, 3.63) is 46.8 Å². The summed E-state index contributed by atoms with van der Waals surface area (Å²) in [5, 5.41) is 3.24. The zero-order valence-electron chi connectivity index (χ0n) is 10.3. The molecule has 0 aliphatic carbocycles. The van der Waals surface area contributed by atoms with Crippen molar-refractivity contribution >= 4 is 38.9 Å². The molecule has 0 saturated heterocycles. The average Bonchev–Trinajstić information content (AvgIpc) is 2.82. The van der Waals surface area contributed by atoms with Crippen LogP contribution in [-0.2, 0) is 0 Å². The lowest BCUT2D eigenvalue weighted by Gasteiger charge is -2.09. The molecular formula is C13H12BrN5. The maximum atomic E-state index is 5.78. The van der Waals surface area contributed by atoms with E-state index in [9.17, 15) is 0 Å². The highest BCUT2D eigenvalue weighted by Gasteiger charge is 2.07. The van der Waals surface area contributed by atoms with Crippen LogP contribution in [0.1, 0.15) is 5.56 Å². The number of aromatic nitrogens is 3. The van der Waals surface area contributed by atoms with Gasteiger partial charge in [-0.05, 0) is 24.6 Å². The number of hydrogen-bond acceptors (Lipinski definition) is 4. The number of nitrogens with one attached hydrogen (secondary N) is 1. The van der Waals surface area contributed by atoms with Crippen LogP contribution in [0.15, 0.2) is 41.3 Å². The van der Waals surface area contributed by atoms with Crippen molar-refractivity contribution in [3.63, 3.8) is 0 Å². The normalized spacial score (nSPS) is 10.8. The van der Waals surface area contributed by atoms with Crippen LogP contribution in [-0.4, -0.2) is 14.4 Å². The third kappa shape index (κ3) is 2.26. The summed E-state index contributed by atoms with van der Waals surface area (Å²) < 4.78 is 2.88. The fraction of sp³-hybridized carbons (Fsp3) is 0.0769. The zero-order valence-corrected chi connectivity index (χ0v) is 11.8. The number of rotatable bonds is 2. The van der Waals surface area contributed by atoms with E-state index in [1.54, 1.807) is 12.4 Å². The largest absolute Gasteiger partial charge is 0.382 e. The summed E-state index contributed by atoms with van der Waals surface area (Å²) in [5.41, 5.74) is 8.63. The molecule has 0 saturated carbocycles. The number of fused-ring (bicyclic) bond motifs is 1. The number of imidazole rings is 1. The molecule has 0 radical (unpaired) electrons. The second-order valence-corrected chi connectivity index (χ2v) is 5.12. The van der Waals surface area contributed by atoms with Crippen molar-refractivity contribution < 1.29 is 0 Å². The molecule has 0 unspecified atom stereocenters. The Labute approximate surface area is 118 Å². The molecule has 0 aliphatic heterocycles. The highest BCUT2D eigenvalue weighted by atomic mass is 79.9. The van der Waals surface area contributed by atoms with Crippen molar-refractivity contribution in [2.45, 2.75) is 6.92 Å². The number of anilines is 3. The minimum absolute atomic E-state index is 0.444. The Morgan fingerprint density at radius 1 is 1.37 bits per heavy atom. The number of nitrogens with zero attached hydrogens (tertiary/aromatic N) is 3. The van der Waals surface area contributed by atoms with Crippen LogP contribution in [0.25, 0.3) is 5.65 Å². The highest BCUT2D eigenvalue weighted by Crippen LogP contribution is 2.24. The molecular weight excluding hydrogens is 306 g/mol. The Hall–Kier alpha value is -2.08. The van der Waals surface area contributed by atoms with E-state index in [0.29, 0.717) is 11.6 Å². The van der Waals surface area contributed by atoms with Gasteiger partial charge in [0.05, 0.1) is 6.20 Å². The van der Waals surface area contributed by atoms with E-state index < -0.39 is 0 Å². The molecule has 5 nitrogen and oxygen atoms in total. The number of halogens is 1. The molecule has 0 aliphatic rings. The summed E-state index contributed by atoms with van der Waals surface area (Å²) in [6.07, 6.45) is 5.29. The Morgan fingerprint density at radius 2 is 2.21 bits per heavy atom. The summed E-state index contributed by atoms with van der Waals surface area (Å²) >= 11 is 3.51. The van der Waals surface area contributed by atoms with Gasteiger partial charge in [0, 0.05) is 22.6 Å². The Morgan fingerprint density at radius 3 is 3.00 bits per heavy atom. The van der Waals surface area contributed by atoms with Gasteiger partial charge in [-0.1, -0.05) is 22.0 Å². The number of hydrogen-bond donors (Lipinski definition) is 2. The Kier molecular flexibility index (Phi) is 2.87. The minimum atomic E-state index is 0.444. The molecule has 0 atom stereocenters. The summed E-state index contributed by atoms with van der Waals surface area (Å²) in [5.74, 6) is 1.08. The molecule has 2 heterocycles. The lowest BCUT2D eigenvalue weighted by atomic mass is 10.2. The lowest BCUT2D eigenvalue weighted by Crippen LogP contribution is -2.02. The number of benzene rings is 1. The molecule has 0 fully saturated rings. The van der Waals surface area contributed by atoms with Gasteiger partial charge in [0.1, 0.15) is 5.82 Å². The van der Waals surface area contributed by atoms with Crippen LogP contribution in [0.3, 0.4) is 0 Å². The van der Waals surface area contributed by atoms with Crippen molar-refractivity contribution in [1.29, 1.82) is 0 Å². The first-order valence-corrected chi connectivity index (χ1v) is 6.55. The SMILES string of the molecule is Cc1ccc(Nc2nc(N)cn3ccnc23)cc1Br. The van der Waals surface area contributed by atoms with Gasteiger partial charge < -0.3 is 15.5 Å². The predicted octanol–water partition coefficient (Wildman–Crippen LogP) is 3.13. The maximum absolute atomic E-state index is 5.78. The van der Waals surface area contributed by atoms with E-state index in [1.807, 2.05) is 35.7 Å². The van der Waals surface area contributed by atoms with Crippen molar-refractivity contribution in [2.75, 3.05) is 11.1 Å². The number of aryl methyl sites for hydroxylation is 1. The molecule has 1 aromatic carbocycles. The third-order valence-corrected chi connectivity index (χ3v) is 3.68. The van der Waals surface area contributed by atoms with Crippen molar-refractivity contribution in [1.82, 2.24) is 14.4 Å². The topological polar surface area (TPSA) is 68.2 Å². The van der Waals surface area contributed by atoms with Crippen LogP contribution in [0.4, 0.5) is 17.3 Å². The number of nitrogens with two attached hydrogens (primary N) is 1. The number of nitrogen functional groups attached to an aromatic ring is 1. The molecule has 0 spiro atoms. The molecule has 6 heteroatoms. The summed E-state index contributed by atoms with van der Waals surface area (Å²) in [4.78, 5) is 8.56. The van der Waals surface area contributed by atoms with E-state index in [0.717, 1.165) is 15.8 Å². The van der Waals surface area contributed by atoms with E-state index in [4.69, 9.17) is 5.73 Å². The monoisotopic (exact) mass is 317 g/mol. The summed E-state index contributed by atoms with van der Waals surface area (Å²) in [6.45, 7) is 2.04. The maximum Gasteiger partial charge on any atom is 0.180 e. The van der Waals surface area contributed by atoms with E-state index in [2.05, 4.69) is 31.2 Å². The zero-order chi connectivity index (χ0) is 13.4. The van der Waals surface area contributed by atoms with Crippen molar-refractivity contribution in [2.24, 2.45) is 0 Å². The summed E-state index contributed by atoms with van der Waals surface area (Å²) in [6, 6.07) is 6.02. The molecule has 3 aromatic rings. The van der Waals surface area contributed by atoms with Gasteiger partial charge in [-0.25, -0.2) is 9.97 Å². The van der Waals surface area contributed by atoms with Crippen molar-refractivity contribution in [3.8, 4) is 0 Å². The molecule has 0 amide bonds. The quantitative estimate of drug-likeness (QED) is 0.762. The van der Waals surface area contributed by atoms with E-state index in [-0.39, 0.29) is 0 Å².